The van der Waals surface area contributed by atoms with Crippen LogP contribution in [0.1, 0.15) is 31.2 Å². The van der Waals surface area contributed by atoms with Crippen LogP contribution >= 0.6 is 11.3 Å². The fourth-order valence-electron chi connectivity index (χ4n) is 5.13. The van der Waals surface area contributed by atoms with Gasteiger partial charge in [-0.1, -0.05) is 37.3 Å². The minimum atomic E-state index is -3.60. The zero-order chi connectivity index (χ0) is 21.4. The summed E-state index contributed by atoms with van der Waals surface area (Å²) in [4.78, 5) is 4.01. The van der Waals surface area contributed by atoms with Crippen LogP contribution in [0, 0.1) is 11.8 Å². The van der Waals surface area contributed by atoms with Gasteiger partial charge in [0.15, 0.2) is 0 Å². The van der Waals surface area contributed by atoms with Crippen LogP contribution < -0.4 is 4.72 Å². The Kier molecular flexibility index (Phi) is 5.63. The summed E-state index contributed by atoms with van der Waals surface area (Å²) in [6, 6.07) is 19.1. The van der Waals surface area contributed by atoms with E-state index in [2.05, 4.69) is 28.7 Å². The number of nitrogens with one attached hydrogen (secondary N) is 1. The van der Waals surface area contributed by atoms with Crippen LogP contribution in [0.15, 0.2) is 70.9 Å². The molecule has 162 valence electrons. The molecule has 2 aromatic carbocycles. The number of thiophene rings is 1. The maximum Gasteiger partial charge on any atom is 0.261 e. The normalized spacial score (nSPS) is 23.3. The first kappa shape index (κ1) is 20.7. The molecular formula is C25H28N2O2S2. The Hall–Kier alpha value is -2.15. The Balaban J connectivity index is 1.24. The van der Waals surface area contributed by atoms with E-state index in [-0.39, 0.29) is 4.90 Å². The van der Waals surface area contributed by atoms with E-state index in [9.17, 15) is 8.42 Å². The van der Waals surface area contributed by atoms with Gasteiger partial charge in [0.1, 0.15) is 0 Å². The number of benzene rings is 2. The molecule has 1 aliphatic heterocycles. The van der Waals surface area contributed by atoms with Crippen LogP contribution in [-0.2, 0) is 10.0 Å². The van der Waals surface area contributed by atoms with Gasteiger partial charge in [-0.05, 0) is 84.0 Å². The van der Waals surface area contributed by atoms with Gasteiger partial charge in [0.25, 0.3) is 10.0 Å². The summed E-state index contributed by atoms with van der Waals surface area (Å²) in [5, 5.41) is 2.02. The van der Waals surface area contributed by atoms with Crippen LogP contribution in [0.2, 0.25) is 0 Å². The molecule has 3 atom stereocenters. The number of nitrogens with zero attached hydrogens (tertiary/aromatic N) is 1. The minimum Gasteiger partial charge on any atom is -0.303 e. The van der Waals surface area contributed by atoms with Gasteiger partial charge >= 0.3 is 0 Å². The predicted octanol–water partition coefficient (Wildman–Crippen LogP) is 5.66. The summed E-state index contributed by atoms with van der Waals surface area (Å²) in [6.07, 6.45) is 2.47. The van der Waals surface area contributed by atoms with Gasteiger partial charge in [0.2, 0.25) is 0 Å². The summed E-state index contributed by atoms with van der Waals surface area (Å²) in [6.45, 7) is 5.90. The number of fused-ring (bicyclic) bond motifs is 1. The minimum absolute atomic E-state index is 0.278. The molecule has 6 heteroatoms. The van der Waals surface area contributed by atoms with E-state index in [0.717, 1.165) is 22.3 Å². The van der Waals surface area contributed by atoms with Crippen molar-refractivity contribution in [1.82, 2.24) is 4.90 Å². The topological polar surface area (TPSA) is 49.4 Å². The van der Waals surface area contributed by atoms with Gasteiger partial charge in [-0.25, -0.2) is 8.42 Å². The van der Waals surface area contributed by atoms with Gasteiger partial charge in [-0.3, -0.25) is 4.72 Å². The quantitative estimate of drug-likeness (QED) is 0.503. The van der Waals surface area contributed by atoms with Crippen molar-refractivity contribution in [1.29, 1.82) is 0 Å². The van der Waals surface area contributed by atoms with Gasteiger partial charge in [-0.2, -0.15) is 0 Å². The zero-order valence-electron chi connectivity index (χ0n) is 17.7. The van der Waals surface area contributed by atoms with Crippen LogP contribution in [0.25, 0.3) is 10.4 Å². The summed E-state index contributed by atoms with van der Waals surface area (Å²) < 4.78 is 28.4. The molecule has 4 nitrogen and oxygen atoms in total. The molecule has 2 heterocycles. The van der Waals surface area contributed by atoms with E-state index in [1.165, 1.54) is 38.0 Å². The summed E-state index contributed by atoms with van der Waals surface area (Å²) in [5.74, 6) is 2.21. The van der Waals surface area contributed by atoms with E-state index in [4.69, 9.17) is 0 Å². The molecule has 0 spiro atoms. The van der Waals surface area contributed by atoms with E-state index in [1.54, 1.807) is 23.5 Å². The van der Waals surface area contributed by atoms with E-state index < -0.39 is 10.0 Å². The highest BCUT2D eigenvalue weighted by Gasteiger charge is 2.46. The van der Waals surface area contributed by atoms with E-state index in [1.807, 2.05) is 41.8 Å². The number of hydrogen-bond donors (Lipinski definition) is 1. The lowest BCUT2D eigenvalue weighted by Gasteiger charge is -2.40. The Labute approximate surface area is 189 Å². The number of likely N-dealkylation sites (tertiary alicyclic amines) is 1. The Bertz CT molecular complexity index is 1120. The fraction of sp³-hybridized carbons (Fsp3) is 0.360. The molecule has 1 saturated heterocycles. The van der Waals surface area contributed by atoms with Crippen molar-refractivity contribution >= 4 is 27.0 Å². The number of rotatable bonds is 7. The number of sulfonamides is 1. The molecule has 0 bridgehead atoms. The number of hydrogen-bond acceptors (Lipinski definition) is 4. The monoisotopic (exact) mass is 452 g/mol. The summed E-state index contributed by atoms with van der Waals surface area (Å²) >= 11 is 1.64. The lowest BCUT2D eigenvalue weighted by Crippen LogP contribution is -2.33. The average molecular weight is 453 g/mol. The maximum atomic E-state index is 12.8. The van der Waals surface area contributed by atoms with E-state index in [0.29, 0.717) is 11.6 Å². The summed E-state index contributed by atoms with van der Waals surface area (Å²) in [7, 11) is -3.60. The average Bonchev–Trinajstić information content (AvgIpc) is 3.39. The molecule has 3 unspecified atom stereocenters. The Morgan fingerprint density at radius 1 is 1.03 bits per heavy atom. The second-order valence-corrected chi connectivity index (χ2v) is 11.4. The molecule has 2 aliphatic rings. The molecule has 1 aliphatic carbocycles. The predicted molar refractivity (Wildman–Crippen MR) is 128 cm³/mol. The van der Waals surface area contributed by atoms with Crippen molar-refractivity contribution in [3.05, 3.63) is 71.6 Å². The Morgan fingerprint density at radius 2 is 1.81 bits per heavy atom. The molecular weight excluding hydrogens is 424 g/mol. The highest BCUT2D eigenvalue weighted by atomic mass is 32.2. The van der Waals surface area contributed by atoms with Gasteiger partial charge in [0.05, 0.1) is 4.90 Å². The third kappa shape index (κ3) is 4.16. The summed E-state index contributed by atoms with van der Waals surface area (Å²) in [5.41, 5.74) is 2.98. The molecule has 1 aromatic heterocycles. The lowest BCUT2D eigenvalue weighted by atomic mass is 9.64. The van der Waals surface area contributed by atoms with Crippen molar-refractivity contribution in [3.8, 4) is 10.4 Å². The SMILES string of the molecule is CCCN1CC2CC(c3ccc(NS(=O)(=O)c4ccc(-c5cccs5)cc4)cc3)C2C1. The van der Waals surface area contributed by atoms with Crippen molar-refractivity contribution in [2.75, 3.05) is 24.4 Å². The molecule has 1 N–H and O–H groups in total. The first-order chi connectivity index (χ1) is 15.0. The molecule has 3 aromatic rings. The van der Waals surface area contributed by atoms with Crippen molar-refractivity contribution < 1.29 is 8.42 Å². The maximum absolute atomic E-state index is 12.8. The third-order valence-corrected chi connectivity index (χ3v) is 9.06. The third-order valence-electron chi connectivity index (χ3n) is 6.74. The van der Waals surface area contributed by atoms with Crippen molar-refractivity contribution in [2.24, 2.45) is 11.8 Å². The highest BCUT2D eigenvalue weighted by molar-refractivity contribution is 7.92. The highest BCUT2D eigenvalue weighted by Crippen LogP contribution is 2.51. The number of anilines is 1. The fourth-order valence-corrected chi connectivity index (χ4v) is 6.93. The van der Waals surface area contributed by atoms with Gasteiger partial charge in [-0.15, -0.1) is 11.3 Å². The van der Waals surface area contributed by atoms with Crippen LogP contribution in [0.4, 0.5) is 5.69 Å². The van der Waals surface area contributed by atoms with Crippen LogP contribution in [-0.4, -0.2) is 33.0 Å². The molecule has 0 radical (unpaired) electrons. The molecule has 0 amide bonds. The lowest BCUT2D eigenvalue weighted by molar-refractivity contribution is 0.191. The first-order valence-corrected chi connectivity index (χ1v) is 13.4. The molecule has 31 heavy (non-hydrogen) atoms. The molecule has 5 rings (SSSR count). The van der Waals surface area contributed by atoms with Crippen molar-refractivity contribution in [3.63, 3.8) is 0 Å². The molecule has 2 fully saturated rings. The van der Waals surface area contributed by atoms with Crippen molar-refractivity contribution in [2.45, 2.75) is 30.6 Å². The van der Waals surface area contributed by atoms with Gasteiger partial charge < -0.3 is 4.90 Å². The Morgan fingerprint density at radius 3 is 2.48 bits per heavy atom. The second kappa shape index (κ2) is 8.41. The molecule has 1 saturated carbocycles. The van der Waals surface area contributed by atoms with Gasteiger partial charge in [0, 0.05) is 23.7 Å². The largest absolute Gasteiger partial charge is 0.303 e. The van der Waals surface area contributed by atoms with Crippen LogP contribution in [0.5, 0.6) is 0 Å². The van der Waals surface area contributed by atoms with E-state index >= 15 is 0 Å². The smallest absolute Gasteiger partial charge is 0.261 e. The van der Waals surface area contributed by atoms with Crippen LogP contribution in [0.3, 0.4) is 0 Å². The standard InChI is InChI=1S/C25H28N2O2S2/c1-2-13-27-16-20-15-23(24(20)17-27)18-5-9-21(10-6-18)26-31(28,29)22-11-7-19(8-12-22)25-4-3-14-30-25/h3-12,14,20,23-24,26H,2,13,15-17H2,1H3. The zero-order valence-corrected chi connectivity index (χ0v) is 19.3. The second-order valence-electron chi connectivity index (χ2n) is 8.75. The first-order valence-electron chi connectivity index (χ1n) is 11.0.